The molecule has 1 unspecified atom stereocenters. The van der Waals surface area contributed by atoms with Gasteiger partial charge in [0.1, 0.15) is 0 Å². The summed E-state index contributed by atoms with van der Waals surface area (Å²) in [5.41, 5.74) is 3.56. The lowest BCUT2D eigenvalue weighted by Crippen LogP contribution is -2.13. The van der Waals surface area contributed by atoms with Crippen molar-refractivity contribution in [2.75, 3.05) is 0 Å². The standard InChI is InChI=1S/C22H26O2P/c1-22(2,3)16-13-18(15-9-5-4-6-10-15)21-19(14-16)17-11-7-8-12-20(17)25(23)24-21/h7-8,11-15H,4-6,9-10H2,1-3H3/q+1. The number of hydrogen-bond acceptors (Lipinski definition) is 2. The van der Waals surface area contributed by atoms with Crippen LogP contribution in [0.4, 0.5) is 0 Å². The van der Waals surface area contributed by atoms with E-state index in [1.54, 1.807) is 0 Å². The van der Waals surface area contributed by atoms with Crippen molar-refractivity contribution in [3.05, 3.63) is 47.5 Å². The van der Waals surface area contributed by atoms with Gasteiger partial charge in [-0.05, 0) is 52.5 Å². The third-order valence-electron chi connectivity index (χ3n) is 5.59. The molecule has 1 atom stereocenters. The SMILES string of the molecule is CC(C)(C)c1cc(C2CCCCC2)c2o[p+](=O)c3ccccc3c2c1. The van der Waals surface area contributed by atoms with Gasteiger partial charge in [-0.25, -0.2) is 4.20 Å². The van der Waals surface area contributed by atoms with Gasteiger partial charge in [-0.3, -0.25) is 0 Å². The molecule has 0 spiro atoms. The molecule has 0 N–H and O–H groups in total. The van der Waals surface area contributed by atoms with E-state index < -0.39 is 7.65 Å². The zero-order chi connectivity index (χ0) is 17.6. The van der Waals surface area contributed by atoms with Crippen LogP contribution in [0.15, 0.2) is 40.6 Å². The van der Waals surface area contributed by atoms with Crippen molar-refractivity contribution >= 4 is 29.1 Å². The average molecular weight is 353 g/mol. The Balaban J connectivity index is 2.09. The van der Waals surface area contributed by atoms with Crippen LogP contribution in [0, 0.1) is 0 Å². The first kappa shape index (κ1) is 16.8. The van der Waals surface area contributed by atoms with Gasteiger partial charge in [0.25, 0.3) is 0 Å². The van der Waals surface area contributed by atoms with Crippen molar-refractivity contribution in [3.8, 4) is 0 Å². The van der Waals surface area contributed by atoms with E-state index in [9.17, 15) is 4.57 Å². The Labute approximate surface area is 150 Å². The van der Waals surface area contributed by atoms with Gasteiger partial charge in [-0.15, -0.1) is 0 Å². The van der Waals surface area contributed by atoms with Crippen molar-refractivity contribution in [1.29, 1.82) is 0 Å². The molecule has 1 saturated carbocycles. The molecule has 130 valence electrons. The van der Waals surface area contributed by atoms with Crippen LogP contribution in [-0.4, -0.2) is 0 Å². The lowest BCUT2D eigenvalue weighted by atomic mass is 9.79. The third-order valence-corrected chi connectivity index (χ3v) is 6.73. The second-order valence-corrected chi connectivity index (χ2v) is 9.57. The lowest BCUT2D eigenvalue weighted by molar-refractivity contribution is 0.441. The van der Waals surface area contributed by atoms with Crippen LogP contribution < -0.4 is 0 Å². The van der Waals surface area contributed by atoms with Gasteiger partial charge >= 0.3 is 7.65 Å². The molecule has 0 saturated heterocycles. The summed E-state index contributed by atoms with van der Waals surface area (Å²) in [5.74, 6) is 0.526. The normalized spacial score (nSPS) is 17.3. The van der Waals surface area contributed by atoms with E-state index in [2.05, 4.69) is 39.0 Å². The van der Waals surface area contributed by atoms with Gasteiger partial charge in [0.2, 0.25) is 5.12 Å². The van der Waals surface area contributed by atoms with Crippen LogP contribution in [-0.2, 0) is 9.98 Å². The van der Waals surface area contributed by atoms with Gasteiger partial charge in [-0.1, -0.05) is 58.2 Å². The molecule has 2 nitrogen and oxygen atoms in total. The van der Waals surface area contributed by atoms with Crippen LogP contribution in [0.5, 0.6) is 0 Å². The van der Waals surface area contributed by atoms with Crippen molar-refractivity contribution in [2.45, 2.75) is 64.2 Å². The number of fused-ring (bicyclic) bond motifs is 3. The maximum absolute atomic E-state index is 12.7. The van der Waals surface area contributed by atoms with Gasteiger partial charge in [0, 0.05) is 16.3 Å². The monoisotopic (exact) mass is 353 g/mol. The molecule has 1 fully saturated rings. The fraction of sp³-hybridized carbons (Fsp3) is 0.455. The minimum atomic E-state index is -1.82. The highest BCUT2D eigenvalue weighted by molar-refractivity contribution is 7.37. The molecule has 3 aromatic rings. The molecular weight excluding hydrogens is 327 g/mol. The summed E-state index contributed by atoms with van der Waals surface area (Å²) in [4.78, 5) is 0. The Morgan fingerprint density at radius 1 is 1.00 bits per heavy atom. The predicted octanol–water partition coefficient (Wildman–Crippen LogP) is 7.67. The van der Waals surface area contributed by atoms with Gasteiger partial charge in [0.15, 0.2) is 5.58 Å². The fourth-order valence-corrected chi connectivity index (χ4v) is 5.16. The van der Waals surface area contributed by atoms with E-state index in [4.69, 9.17) is 4.20 Å². The van der Waals surface area contributed by atoms with Crippen LogP contribution >= 0.6 is 7.65 Å². The molecule has 1 heterocycles. The molecule has 0 radical (unpaired) electrons. The Bertz CT molecular complexity index is 988. The fourth-order valence-electron chi connectivity index (χ4n) is 4.10. The van der Waals surface area contributed by atoms with Crippen molar-refractivity contribution in [2.24, 2.45) is 0 Å². The Hall–Kier alpha value is -1.66. The molecule has 1 aliphatic carbocycles. The smallest absolute Gasteiger partial charge is 0.249 e. The van der Waals surface area contributed by atoms with E-state index in [0.29, 0.717) is 5.92 Å². The van der Waals surface area contributed by atoms with Crippen molar-refractivity contribution in [3.63, 3.8) is 0 Å². The summed E-state index contributed by atoms with van der Waals surface area (Å²) >= 11 is 0. The number of benzene rings is 2. The maximum Gasteiger partial charge on any atom is 0.597 e. The number of hydrogen-bond donors (Lipinski definition) is 0. The first-order valence-electron chi connectivity index (χ1n) is 9.38. The summed E-state index contributed by atoms with van der Waals surface area (Å²) in [5, 5.41) is 3.02. The van der Waals surface area contributed by atoms with Crippen LogP contribution in [0.1, 0.15) is 69.9 Å². The largest absolute Gasteiger partial charge is 0.597 e. The van der Waals surface area contributed by atoms with E-state index in [1.807, 2.05) is 18.2 Å². The van der Waals surface area contributed by atoms with Crippen molar-refractivity contribution < 1.29 is 8.76 Å². The first-order chi connectivity index (χ1) is 11.9. The van der Waals surface area contributed by atoms with Gasteiger partial charge in [0.05, 0.1) is 0 Å². The second kappa shape index (κ2) is 6.25. The minimum absolute atomic E-state index is 0.0764. The molecule has 4 rings (SSSR count). The van der Waals surface area contributed by atoms with E-state index >= 15 is 0 Å². The molecule has 2 aromatic carbocycles. The third kappa shape index (κ3) is 3.02. The van der Waals surface area contributed by atoms with Crippen LogP contribution in [0.2, 0.25) is 0 Å². The molecular formula is C22H26O2P+. The topological polar surface area (TPSA) is 30.2 Å². The first-order valence-corrected chi connectivity index (χ1v) is 10.6. The minimum Gasteiger partial charge on any atom is -0.249 e. The Morgan fingerprint density at radius 2 is 1.72 bits per heavy atom. The van der Waals surface area contributed by atoms with Crippen LogP contribution in [0.25, 0.3) is 21.5 Å². The highest BCUT2D eigenvalue weighted by atomic mass is 31.1. The van der Waals surface area contributed by atoms with E-state index in [-0.39, 0.29) is 5.41 Å². The molecule has 0 aliphatic heterocycles. The van der Waals surface area contributed by atoms with E-state index in [0.717, 1.165) is 21.5 Å². The van der Waals surface area contributed by atoms with Gasteiger partial charge in [-0.2, -0.15) is 0 Å². The lowest BCUT2D eigenvalue weighted by Gasteiger charge is -2.25. The van der Waals surface area contributed by atoms with Gasteiger partial charge < -0.3 is 0 Å². The summed E-state index contributed by atoms with van der Waals surface area (Å²) in [7, 11) is -1.82. The zero-order valence-electron chi connectivity index (χ0n) is 15.3. The highest BCUT2D eigenvalue weighted by Crippen LogP contribution is 2.43. The molecule has 1 aliphatic rings. The Morgan fingerprint density at radius 3 is 2.44 bits per heavy atom. The van der Waals surface area contributed by atoms with Crippen molar-refractivity contribution in [1.82, 2.24) is 0 Å². The molecule has 0 amide bonds. The quantitative estimate of drug-likeness (QED) is 0.420. The summed E-state index contributed by atoms with van der Waals surface area (Å²) in [6.45, 7) is 6.78. The summed E-state index contributed by atoms with van der Waals surface area (Å²) in [6.07, 6.45) is 6.31. The average Bonchev–Trinajstić information content (AvgIpc) is 2.61. The summed E-state index contributed by atoms with van der Waals surface area (Å²) < 4.78 is 18.7. The van der Waals surface area contributed by atoms with Crippen LogP contribution in [0.3, 0.4) is 0 Å². The molecule has 1 aromatic heterocycles. The number of rotatable bonds is 1. The second-order valence-electron chi connectivity index (χ2n) is 8.39. The molecule has 3 heteroatoms. The highest BCUT2D eigenvalue weighted by Gasteiger charge is 2.27. The van der Waals surface area contributed by atoms with E-state index in [1.165, 1.54) is 43.2 Å². The zero-order valence-corrected chi connectivity index (χ0v) is 16.2. The molecule has 0 bridgehead atoms. The Kier molecular flexibility index (Phi) is 4.20. The summed E-state index contributed by atoms with van der Waals surface area (Å²) in [6, 6.07) is 12.6. The predicted molar refractivity (Wildman–Crippen MR) is 106 cm³/mol. The molecule has 25 heavy (non-hydrogen) atoms. The maximum atomic E-state index is 12.7.